The van der Waals surface area contributed by atoms with Crippen LogP contribution in [0.25, 0.3) is 0 Å². The number of benzene rings is 1. The first-order chi connectivity index (χ1) is 8.13. The van der Waals surface area contributed by atoms with Crippen molar-refractivity contribution >= 4 is 27.6 Å². The van der Waals surface area contributed by atoms with Gasteiger partial charge in [0.25, 0.3) is 0 Å². The smallest absolute Gasteiger partial charge is 0.221 e. The minimum Gasteiger partial charge on any atom is -0.345 e. The molecule has 0 unspecified atom stereocenters. The summed E-state index contributed by atoms with van der Waals surface area (Å²) in [5.41, 5.74) is 0.609. The summed E-state index contributed by atoms with van der Waals surface area (Å²) in [6, 6.07) is 7.05. The van der Waals surface area contributed by atoms with Crippen LogP contribution < -0.4 is 5.32 Å². The highest BCUT2D eigenvalue weighted by atomic mass is 79.9. The molecule has 1 aromatic rings. The standard InChI is InChI=1S/C13H12BrNO2/c1-2-9-15-13(17)8-7-12(16)10-3-5-11(14)6-4-10/h1,3-6H,7-9H2,(H,15,17). The van der Waals surface area contributed by atoms with Crippen molar-refractivity contribution in [2.75, 3.05) is 6.54 Å². The van der Waals surface area contributed by atoms with Crippen LogP contribution in [0.4, 0.5) is 0 Å². The van der Waals surface area contributed by atoms with E-state index in [1.54, 1.807) is 24.3 Å². The van der Waals surface area contributed by atoms with Crippen molar-refractivity contribution in [3.05, 3.63) is 34.3 Å². The van der Waals surface area contributed by atoms with Crippen LogP contribution in [0.2, 0.25) is 0 Å². The van der Waals surface area contributed by atoms with Gasteiger partial charge >= 0.3 is 0 Å². The Bertz CT molecular complexity index is 445. The number of carbonyl (C=O) groups excluding carboxylic acids is 2. The number of hydrogen-bond acceptors (Lipinski definition) is 2. The molecule has 3 nitrogen and oxygen atoms in total. The summed E-state index contributed by atoms with van der Waals surface area (Å²) >= 11 is 3.29. The molecular formula is C13H12BrNO2. The SMILES string of the molecule is C#CCNC(=O)CCC(=O)c1ccc(Br)cc1. The fourth-order valence-electron chi connectivity index (χ4n) is 1.25. The zero-order chi connectivity index (χ0) is 12.7. The highest BCUT2D eigenvalue weighted by molar-refractivity contribution is 9.10. The molecule has 0 saturated carbocycles. The zero-order valence-corrected chi connectivity index (χ0v) is 10.8. The second-order valence-electron chi connectivity index (χ2n) is 3.41. The summed E-state index contributed by atoms with van der Waals surface area (Å²) in [4.78, 5) is 22.9. The molecule has 1 amide bonds. The van der Waals surface area contributed by atoms with Crippen molar-refractivity contribution in [3.63, 3.8) is 0 Å². The monoisotopic (exact) mass is 293 g/mol. The van der Waals surface area contributed by atoms with Crippen LogP contribution >= 0.6 is 15.9 Å². The van der Waals surface area contributed by atoms with Crippen LogP contribution in [0.15, 0.2) is 28.7 Å². The van der Waals surface area contributed by atoms with Gasteiger partial charge in [0.05, 0.1) is 6.54 Å². The lowest BCUT2D eigenvalue weighted by Gasteiger charge is -2.02. The third-order valence-corrected chi connectivity index (χ3v) is 2.66. The largest absolute Gasteiger partial charge is 0.345 e. The predicted octanol–water partition coefficient (Wildman–Crippen LogP) is 2.16. The van der Waals surface area contributed by atoms with Crippen molar-refractivity contribution in [2.24, 2.45) is 0 Å². The Kier molecular flexibility index (Phi) is 5.44. The Morgan fingerprint density at radius 3 is 2.47 bits per heavy atom. The average molecular weight is 294 g/mol. The molecule has 0 aliphatic carbocycles. The predicted molar refractivity (Wildman–Crippen MR) is 69.5 cm³/mol. The van der Waals surface area contributed by atoms with Crippen molar-refractivity contribution in [1.29, 1.82) is 0 Å². The van der Waals surface area contributed by atoms with E-state index in [-0.39, 0.29) is 31.1 Å². The first-order valence-corrected chi connectivity index (χ1v) is 5.91. The number of rotatable bonds is 5. The van der Waals surface area contributed by atoms with E-state index in [0.717, 1.165) is 4.47 Å². The molecule has 0 fully saturated rings. The maximum atomic E-state index is 11.7. The molecule has 0 spiro atoms. The molecule has 0 bridgehead atoms. The van der Waals surface area contributed by atoms with Crippen LogP contribution in [-0.2, 0) is 4.79 Å². The van der Waals surface area contributed by atoms with Gasteiger partial charge in [-0.3, -0.25) is 9.59 Å². The zero-order valence-electron chi connectivity index (χ0n) is 9.20. The normalized spacial score (nSPS) is 9.41. The summed E-state index contributed by atoms with van der Waals surface area (Å²) in [5, 5.41) is 2.51. The van der Waals surface area contributed by atoms with Crippen LogP contribution in [0, 0.1) is 12.3 Å². The first-order valence-electron chi connectivity index (χ1n) is 5.12. The fourth-order valence-corrected chi connectivity index (χ4v) is 1.51. The van der Waals surface area contributed by atoms with Crippen LogP contribution in [0.1, 0.15) is 23.2 Å². The maximum Gasteiger partial charge on any atom is 0.221 e. The molecule has 88 valence electrons. The molecule has 0 heterocycles. The Labute approximate surface area is 109 Å². The van der Waals surface area contributed by atoms with Crippen molar-refractivity contribution in [2.45, 2.75) is 12.8 Å². The van der Waals surface area contributed by atoms with Gasteiger partial charge in [-0.05, 0) is 12.1 Å². The third-order valence-electron chi connectivity index (χ3n) is 2.13. The summed E-state index contributed by atoms with van der Waals surface area (Å²) in [5.74, 6) is 2.05. The van der Waals surface area contributed by atoms with E-state index in [9.17, 15) is 9.59 Å². The summed E-state index contributed by atoms with van der Waals surface area (Å²) in [6.07, 6.45) is 5.36. The molecule has 1 aromatic carbocycles. The molecule has 0 aromatic heterocycles. The van der Waals surface area contributed by atoms with Gasteiger partial charge in [0.1, 0.15) is 0 Å². The molecule has 4 heteroatoms. The topological polar surface area (TPSA) is 46.2 Å². The lowest BCUT2D eigenvalue weighted by atomic mass is 10.1. The molecule has 0 aliphatic heterocycles. The molecule has 1 rings (SSSR count). The fraction of sp³-hybridized carbons (Fsp3) is 0.231. The Hall–Kier alpha value is -1.60. The van der Waals surface area contributed by atoms with Gasteiger partial charge < -0.3 is 5.32 Å². The second kappa shape index (κ2) is 6.87. The number of halogens is 1. The summed E-state index contributed by atoms with van der Waals surface area (Å²) in [7, 11) is 0. The average Bonchev–Trinajstić information content (AvgIpc) is 2.34. The van der Waals surface area contributed by atoms with Gasteiger partial charge in [0.2, 0.25) is 5.91 Å². The van der Waals surface area contributed by atoms with E-state index in [2.05, 4.69) is 27.2 Å². The number of ketones is 1. The molecular weight excluding hydrogens is 282 g/mol. The van der Waals surface area contributed by atoms with E-state index in [0.29, 0.717) is 5.56 Å². The summed E-state index contributed by atoms with van der Waals surface area (Å²) < 4.78 is 0.917. The minimum atomic E-state index is -0.201. The number of Topliss-reactive ketones (excluding diaryl/α,β-unsaturated/α-hetero) is 1. The van der Waals surface area contributed by atoms with Gasteiger partial charge in [-0.15, -0.1) is 6.42 Å². The van der Waals surface area contributed by atoms with Crippen molar-refractivity contribution < 1.29 is 9.59 Å². The Morgan fingerprint density at radius 2 is 1.88 bits per heavy atom. The van der Waals surface area contributed by atoms with E-state index in [4.69, 9.17) is 6.42 Å². The van der Waals surface area contributed by atoms with Crippen LogP contribution in [-0.4, -0.2) is 18.2 Å². The van der Waals surface area contributed by atoms with Gasteiger partial charge in [0, 0.05) is 22.9 Å². The Morgan fingerprint density at radius 1 is 1.24 bits per heavy atom. The third kappa shape index (κ3) is 4.83. The lowest BCUT2D eigenvalue weighted by Crippen LogP contribution is -2.23. The lowest BCUT2D eigenvalue weighted by molar-refractivity contribution is -0.120. The first kappa shape index (κ1) is 13.5. The van der Waals surface area contributed by atoms with Gasteiger partial charge in [-0.25, -0.2) is 0 Å². The molecule has 0 radical (unpaired) electrons. The minimum absolute atomic E-state index is 0.0478. The Balaban J connectivity index is 2.42. The van der Waals surface area contributed by atoms with Gasteiger partial charge in [0.15, 0.2) is 5.78 Å². The number of terminal acetylenes is 1. The van der Waals surface area contributed by atoms with E-state index >= 15 is 0 Å². The second-order valence-corrected chi connectivity index (χ2v) is 4.33. The highest BCUT2D eigenvalue weighted by Crippen LogP contribution is 2.12. The van der Waals surface area contributed by atoms with Gasteiger partial charge in [-0.2, -0.15) is 0 Å². The number of carbonyl (C=O) groups is 2. The van der Waals surface area contributed by atoms with Crippen molar-refractivity contribution in [1.82, 2.24) is 5.32 Å². The van der Waals surface area contributed by atoms with Gasteiger partial charge in [-0.1, -0.05) is 34.0 Å². The molecule has 17 heavy (non-hydrogen) atoms. The van der Waals surface area contributed by atoms with E-state index < -0.39 is 0 Å². The number of nitrogens with one attached hydrogen (secondary N) is 1. The molecule has 0 aliphatic rings. The van der Waals surface area contributed by atoms with E-state index in [1.165, 1.54) is 0 Å². The quantitative estimate of drug-likeness (QED) is 0.668. The van der Waals surface area contributed by atoms with Crippen LogP contribution in [0.3, 0.4) is 0 Å². The molecule has 1 N–H and O–H groups in total. The number of hydrogen-bond donors (Lipinski definition) is 1. The molecule has 0 saturated heterocycles. The summed E-state index contributed by atoms with van der Waals surface area (Å²) in [6.45, 7) is 0.200. The molecule has 0 atom stereocenters. The van der Waals surface area contributed by atoms with E-state index in [1.807, 2.05) is 0 Å². The number of amides is 1. The van der Waals surface area contributed by atoms with Crippen LogP contribution in [0.5, 0.6) is 0 Å². The maximum absolute atomic E-state index is 11.7. The highest BCUT2D eigenvalue weighted by Gasteiger charge is 2.08. The van der Waals surface area contributed by atoms with Crippen molar-refractivity contribution in [3.8, 4) is 12.3 Å².